The molecule has 0 aromatic carbocycles. The van der Waals surface area contributed by atoms with Crippen LogP contribution in [0.5, 0.6) is 0 Å². The number of likely N-dealkylation sites (tertiary alicyclic amines) is 1. The van der Waals surface area contributed by atoms with Crippen LogP contribution in [0.3, 0.4) is 0 Å². The number of rotatable bonds is 6. The van der Waals surface area contributed by atoms with Crippen LogP contribution in [0.1, 0.15) is 64.7 Å². The molecular weight excluding hydrogens is 248 g/mol. The van der Waals surface area contributed by atoms with Crippen LogP contribution in [0.4, 0.5) is 0 Å². The number of amides is 1. The minimum atomic E-state index is 0.405. The van der Waals surface area contributed by atoms with E-state index in [-0.39, 0.29) is 0 Å². The Bertz CT molecular complexity index is 305. The lowest BCUT2D eigenvalue weighted by molar-refractivity contribution is -0.130. The van der Waals surface area contributed by atoms with E-state index in [4.69, 9.17) is 0 Å². The zero-order valence-electron chi connectivity index (χ0n) is 13.4. The van der Waals surface area contributed by atoms with Crippen LogP contribution in [0, 0.1) is 11.8 Å². The average Bonchev–Trinajstić information content (AvgIpc) is 2.84. The predicted molar refractivity (Wildman–Crippen MR) is 83.6 cm³/mol. The third-order valence-corrected chi connectivity index (χ3v) is 5.42. The Morgan fingerprint density at radius 3 is 2.80 bits per heavy atom. The summed E-state index contributed by atoms with van der Waals surface area (Å²) in [5, 5.41) is 3.45. The zero-order valence-corrected chi connectivity index (χ0v) is 13.4. The van der Waals surface area contributed by atoms with Crippen LogP contribution in [-0.2, 0) is 4.79 Å². The van der Waals surface area contributed by atoms with Gasteiger partial charge in [-0.25, -0.2) is 0 Å². The summed E-state index contributed by atoms with van der Waals surface area (Å²) in [7, 11) is 2.08. The molecule has 3 nitrogen and oxygen atoms in total. The molecule has 3 unspecified atom stereocenters. The summed E-state index contributed by atoms with van der Waals surface area (Å²) in [6.45, 7) is 4.24. The van der Waals surface area contributed by atoms with Gasteiger partial charge in [0.05, 0.1) is 0 Å². The maximum absolute atomic E-state index is 12.2. The molecule has 0 spiro atoms. The summed E-state index contributed by atoms with van der Waals surface area (Å²) in [5.41, 5.74) is 0. The van der Waals surface area contributed by atoms with Gasteiger partial charge in [0.25, 0.3) is 0 Å². The number of nitrogens with zero attached hydrogens (tertiary/aromatic N) is 1. The number of hydrogen-bond donors (Lipinski definition) is 1. The molecule has 1 N–H and O–H groups in total. The first-order valence-corrected chi connectivity index (χ1v) is 8.69. The Balaban J connectivity index is 1.78. The van der Waals surface area contributed by atoms with Crippen LogP contribution in [0.15, 0.2) is 0 Å². The molecule has 0 aromatic rings. The summed E-state index contributed by atoms with van der Waals surface area (Å²) < 4.78 is 0. The molecule has 3 atom stereocenters. The second-order valence-corrected chi connectivity index (χ2v) is 6.74. The molecule has 1 saturated carbocycles. The van der Waals surface area contributed by atoms with Crippen molar-refractivity contribution in [2.24, 2.45) is 11.8 Å². The lowest BCUT2D eigenvalue weighted by Gasteiger charge is -2.25. The van der Waals surface area contributed by atoms with E-state index >= 15 is 0 Å². The SMILES string of the molecule is CCCC1CCC(=O)N(CCC2CCCC2NC)CC1. The fourth-order valence-corrected chi connectivity index (χ4v) is 4.11. The minimum absolute atomic E-state index is 0.405. The second-order valence-electron chi connectivity index (χ2n) is 6.74. The highest BCUT2D eigenvalue weighted by Crippen LogP contribution is 2.29. The number of nitrogens with one attached hydrogen (secondary N) is 1. The standard InChI is InChI=1S/C17H32N2O/c1-3-5-14-8-9-17(20)19(12-10-14)13-11-15-6-4-7-16(15)18-2/h14-16,18H,3-13H2,1-2H3. The van der Waals surface area contributed by atoms with E-state index in [2.05, 4.69) is 24.2 Å². The summed E-state index contributed by atoms with van der Waals surface area (Å²) >= 11 is 0. The molecular formula is C17H32N2O. The van der Waals surface area contributed by atoms with E-state index in [1.165, 1.54) is 44.9 Å². The van der Waals surface area contributed by atoms with E-state index in [0.717, 1.165) is 37.8 Å². The van der Waals surface area contributed by atoms with E-state index in [0.29, 0.717) is 11.9 Å². The molecule has 2 aliphatic rings. The van der Waals surface area contributed by atoms with Gasteiger partial charge in [0.15, 0.2) is 0 Å². The van der Waals surface area contributed by atoms with Crippen molar-refractivity contribution in [2.75, 3.05) is 20.1 Å². The van der Waals surface area contributed by atoms with Crippen LogP contribution in [0.25, 0.3) is 0 Å². The molecule has 0 bridgehead atoms. The first-order chi connectivity index (χ1) is 9.74. The van der Waals surface area contributed by atoms with Crippen LogP contribution >= 0.6 is 0 Å². The van der Waals surface area contributed by atoms with Crippen LogP contribution in [0.2, 0.25) is 0 Å². The fraction of sp³-hybridized carbons (Fsp3) is 0.941. The Kier molecular flexibility index (Phi) is 6.34. The second kappa shape index (κ2) is 8.02. The van der Waals surface area contributed by atoms with Gasteiger partial charge >= 0.3 is 0 Å². The van der Waals surface area contributed by atoms with Crippen LogP contribution in [-0.4, -0.2) is 37.0 Å². The van der Waals surface area contributed by atoms with E-state index in [1.807, 2.05) is 0 Å². The van der Waals surface area contributed by atoms with E-state index < -0.39 is 0 Å². The molecule has 0 radical (unpaired) electrons. The summed E-state index contributed by atoms with van der Waals surface area (Å²) in [6, 6.07) is 0.685. The van der Waals surface area contributed by atoms with Gasteiger partial charge in [-0.3, -0.25) is 4.79 Å². The Morgan fingerprint density at radius 2 is 2.05 bits per heavy atom. The molecule has 1 aliphatic heterocycles. The summed E-state index contributed by atoms with van der Waals surface area (Å²) in [6.07, 6.45) is 10.9. The largest absolute Gasteiger partial charge is 0.343 e. The molecule has 1 heterocycles. The molecule has 2 fully saturated rings. The lowest BCUT2D eigenvalue weighted by Crippen LogP contribution is -2.35. The smallest absolute Gasteiger partial charge is 0.222 e. The van der Waals surface area contributed by atoms with Gasteiger partial charge in [-0.2, -0.15) is 0 Å². The maximum atomic E-state index is 12.2. The fourth-order valence-electron chi connectivity index (χ4n) is 4.11. The summed E-state index contributed by atoms with van der Waals surface area (Å²) in [4.78, 5) is 14.4. The molecule has 116 valence electrons. The third-order valence-electron chi connectivity index (χ3n) is 5.42. The van der Waals surface area contributed by atoms with Gasteiger partial charge in [-0.1, -0.05) is 26.2 Å². The van der Waals surface area contributed by atoms with Gasteiger partial charge in [-0.15, -0.1) is 0 Å². The lowest BCUT2D eigenvalue weighted by atomic mass is 9.96. The average molecular weight is 280 g/mol. The van der Waals surface area contributed by atoms with E-state index in [9.17, 15) is 4.79 Å². The van der Waals surface area contributed by atoms with Gasteiger partial charge < -0.3 is 10.2 Å². The first-order valence-electron chi connectivity index (χ1n) is 8.69. The van der Waals surface area contributed by atoms with E-state index in [1.54, 1.807) is 0 Å². The van der Waals surface area contributed by atoms with Crippen molar-refractivity contribution in [2.45, 2.75) is 70.8 Å². The Labute approximate surface area is 124 Å². The molecule has 20 heavy (non-hydrogen) atoms. The highest BCUT2D eigenvalue weighted by molar-refractivity contribution is 5.76. The van der Waals surface area contributed by atoms with Crippen molar-refractivity contribution >= 4 is 5.91 Å². The van der Waals surface area contributed by atoms with Gasteiger partial charge in [-0.05, 0) is 51.0 Å². The number of hydrogen-bond acceptors (Lipinski definition) is 2. The number of carbonyl (C=O) groups excluding carboxylic acids is 1. The molecule has 1 saturated heterocycles. The van der Waals surface area contributed by atoms with Crippen molar-refractivity contribution in [1.82, 2.24) is 10.2 Å². The number of carbonyl (C=O) groups is 1. The highest BCUT2D eigenvalue weighted by Gasteiger charge is 2.27. The highest BCUT2D eigenvalue weighted by atomic mass is 16.2. The van der Waals surface area contributed by atoms with Crippen molar-refractivity contribution in [1.29, 1.82) is 0 Å². The van der Waals surface area contributed by atoms with Crippen molar-refractivity contribution in [3.05, 3.63) is 0 Å². The van der Waals surface area contributed by atoms with Crippen molar-refractivity contribution < 1.29 is 4.79 Å². The predicted octanol–water partition coefficient (Wildman–Crippen LogP) is 3.19. The topological polar surface area (TPSA) is 32.3 Å². The third kappa shape index (κ3) is 4.21. The molecule has 2 rings (SSSR count). The zero-order chi connectivity index (χ0) is 14.4. The monoisotopic (exact) mass is 280 g/mol. The van der Waals surface area contributed by atoms with Crippen LogP contribution < -0.4 is 5.32 Å². The Hall–Kier alpha value is -0.570. The minimum Gasteiger partial charge on any atom is -0.343 e. The maximum Gasteiger partial charge on any atom is 0.222 e. The Morgan fingerprint density at radius 1 is 1.20 bits per heavy atom. The van der Waals surface area contributed by atoms with Crippen molar-refractivity contribution in [3.63, 3.8) is 0 Å². The van der Waals surface area contributed by atoms with Gasteiger partial charge in [0, 0.05) is 25.6 Å². The first kappa shape index (κ1) is 15.8. The molecule has 0 aromatic heterocycles. The van der Waals surface area contributed by atoms with Gasteiger partial charge in [0.1, 0.15) is 0 Å². The molecule has 3 heteroatoms. The quantitative estimate of drug-likeness (QED) is 0.810. The van der Waals surface area contributed by atoms with Crippen molar-refractivity contribution in [3.8, 4) is 0 Å². The molecule has 1 aliphatic carbocycles. The normalized spacial score (nSPS) is 31.6. The summed E-state index contributed by atoms with van der Waals surface area (Å²) in [5.74, 6) is 1.97. The molecule has 1 amide bonds. The van der Waals surface area contributed by atoms with Gasteiger partial charge in [0.2, 0.25) is 5.91 Å².